The monoisotopic (exact) mass is 508 g/mol. The first kappa shape index (κ1) is 23.4. The van der Waals surface area contributed by atoms with Crippen LogP contribution in [0.3, 0.4) is 0 Å². The van der Waals surface area contributed by atoms with Crippen LogP contribution in [-0.4, -0.2) is 28.4 Å². The van der Waals surface area contributed by atoms with Crippen molar-refractivity contribution in [3.05, 3.63) is 83.5 Å². The second-order valence-corrected chi connectivity index (χ2v) is 8.55. The topological polar surface area (TPSA) is 87.9 Å². The van der Waals surface area contributed by atoms with Crippen molar-refractivity contribution in [2.24, 2.45) is 10.2 Å². The van der Waals surface area contributed by atoms with Crippen LogP contribution in [0.25, 0.3) is 43.9 Å². The first-order chi connectivity index (χ1) is 18.6. The summed E-state index contributed by atoms with van der Waals surface area (Å²) in [7, 11) is 6.47. The van der Waals surface area contributed by atoms with E-state index in [2.05, 4.69) is 0 Å². The molecule has 0 bridgehead atoms. The van der Waals surface area contributed by atoms with Gasteiger partial charge in [0.25, 0.3) is 0 Å². The molecule has 6 aromatic rings. The number of hydrogen-bond acceptors (Lipinski definition) is 8. The van der Waals surface area contributed by atoms with Crippen molar-refractivity contribution in [2.45, 2.75) is 0 Å². The molecule has 0 saturated carbocycles. The molecule has 2 heterocycles. The number of methoxy groups -OCH3 is 4. The molecule has 0 spiro atoms. The Hall–Kier alpha value is -4.98. The lowest BCUT2D eigenvalue weighted by molar-refractivity contribution is 0.413. The number of ether oxygens (including phenoxy) is 4. The molecule has 0 unspecified atom stereocenters. The highest BCUT2D eigenvalue weighted by molar-refractivity contribution is 5.92. The number of hydrogen-bond donors (Lipinski definition) is 0. The van der Waals surface area contributed by atoms with E-state index >= 15 is 0 Å². The molecule has 0 aliphatic carbocycles. The Morgan fingerprint density at radius 1 is 0.421 bits per heavy atom. The molecule has 190 valence electrons. The molecule has 0 aliphatic rings. The van der Waals surface area contributed by atoms with Gasteiger partial charge in [0.15, 0.2) is 0 Å². The quantitative estimate of drug-likeness (QED) is 0.212. The second kappa shape index (κ2) is 9.48. The standard InChI is InChI=1S/C30H24N2O6/c1-33-17-5-9-21-25(13-17)37-26-14-18(34-2)6-10-22(26)29(21)31-32-30-23-11-7-19(35-3)15-27(23)38-28-16-20(36-4)8-12-24(28)30/h5-16H,1-4H3. The summed E-state index contributed by atoms with van der Waals surface area (Å²) < 4.78 is 34.1. The molecule has 0 N–H and O–H groups in total. The van der Waals surface area contributed by atoms with E-state index in [1.54, 1.807) is 28.4 Å². The van der Waals surface area contributed by atoms with Gasteiger partial charge in [-0.2, -0.15) is 0 Å². The third-order valence-corrected chi connectivity index (χ3v) is 6.47. The zero-order chi connectivity index (χ0) is 26.2. The molecule has 8 nitrogen and oxygen atoms in total. The number of benzene rings is 4. The van der Waals surface area contributed by atoms with Crippen molar-refractivity contribution < 1.29 is 27.8 Å². The number of rotatable bonds is 5. The van der Waals surface area contributed by atoms with E-state index in [-0.39, 0.29) is 0 Å². The fourth-order valence-corrected chi connectivity index (χ4v) is 4.48. The van der Waals surface area contributed by atoms with Crippen LogP contribution in [0.5, 0.6) is 23.0 Å². The number of nitrogens with zero attached hydrogens (tertiary/aromatic N) is 2. The van der Waals surface area contributed by atoms with Gasteiger partial charge >= 0.3 is 0 Å². The van der Waals surface area contributed by atoms with Gasteiger partial charge in [0.1, 0.15) is 56.0 Å². The van der Waals surface area contributed by atoms with Crippen LogP contribution in [-0.2, 0) is 0 Å². The molecule has 4 aromatic carbocycles. The first-order valence-corrected chi connectivity index (χ1v) is 11.9. The minimum Gasteiger partial charge on any atom is -0.497 e. The molecular formula is C30H24N2O6. The van der Waals surface area contributed by atoms with Crippen molar-refractivity contribution in [3.8, 4) is 23.0 Å². The van der Waals surface area contributed by atoms with E-state index in [1.807, 2.05) is 72.8 Å². The summed E-state index contributed by atoms with van der Waals surface area (Å²) in [6.07, 6.45) is 0. The zero-order valence-electron chi connectivity index (χ0n) is 21.3. The summed E-state index contributed by atoms with van der Waals surface area (Å²) in [5.74, 6) is 2.71. The average Bonchev–Trinajstić information content (AvgIpc) is 2.97. The van der Waals surface area contributed by atoms with Crippen LogP contribution in [0, 0.1) is 0 Å². The maximum atomic E-state index is 6.21. The highest BCUT2D eigenvalue weighted by Crippen LogP contribution is 2.27. The largest absolute Gasteiger partial charge is 0.497 e. The molecule has 0 fully saturated rings. The Morgan fingerprint density at radius 3 is 0.921 bits per heavy atom. The van der Waals surface area contributed by atoms with E-state index < -0.39 is 0 Å². The molecule has 0 saturated heterocycles. The van der Waals surface area contributed by atoms with Gasteiger partial charge in [-0.1, -0.05) is 0 Å². The summed E-state index contributed by atoms with van der Waals surface area (Å²) >= 11 is 0. The molecule has 0 radical (unpaired) electrons. The van der Waals surface area contributed by atoms with Crippen LogP contribution in [0.2, 0.25) is 0 Å². The molecular weight excluding hydrogens is 484 g/mol. The molecule has 0 atom stereocenters. The third-order valence-electron chi connectivity index (χ3n) is 6.47. The lowest BCUT2D eigenvalue weighted by atomic mass is 10.1. The predicted molar refractivity (Wildman–Crippen MR) is 145 cm³/mol. The third kappa shape index (κ3) is 3.96. The van der Waals surface area contributed by atoms with Gasteiger partial charge in [-0.3, -0.25) is 0 Å². The van der Waals surface area contributed by atoms with Gasteiger partial charge in [0.05, 0.1) is 28.4 Å². The van der Waals surface area contributed by atoms with E-state index in [4.69, 9.17) is 38.0 Å². The van der Waals surface area contributed by atoms with Crippen molar-refractivity contribution >= 4 is 43.9 Å². The van der Waals surface area contributed by atoms with Crippen molar-refractivity contribution in [1.82, 2.24) is 0 Å². The van der Waals surface area contributed by atoms with Gasteiger partial charge in [-0.15, -0.1) is 10.2 Å². The fourth-order valence-electron chi connectivity index (χ4n) is 4.48. The average molecular weight is 509 g/mol. The number of fused-ring (bicyclic) bond motifs is 4. The SMILES string of the molecule is COc1ccc2c(=NN=c3c4ccc(OC)cc4oc4cc(OC)ccc34)c3ccc(OC)cc3oc2c1. The molecule has 0 aliphatic heterocycles. The van der Waals surface area contributed by atoms with Crippen LogP contribution in [0.15, 0.2) is 91.8 Å². The highest BCUT2D eigenvalue weighted by atomic mass is 16.5. The molecule has 8 heteroatoms. The van der Waals surface area contributed by atoms with Gasteiger partial charge in [-0.25, -0.2) is 0 Å². The van der Waals surface area contributed by atoms with Crippen molar-refractivity contribution in [1.29, 1.82) is 0 Å². The predicted octanol–water partition coefficient (Wildman–Crippen LogP) is 5.94. The summed E-state index contributed by atoms with van der Waals surface area (Å²) in [5, 5.41) is 14.1. The normalized spacial score (nSPS) is 11.2. The van der Waals surface area contributed by atoms with Gasteiger partial charge < -0.3 is 27.8 Å². The maximum Gasteiger partial charge on any atom is 0.140 e. The van der Waals surface area contributed by atoms with Gasteiger partial charge in [0.2, 0.25) is 0 Å². The second-order valence-electron chi connectivity index (χ2n) is 8.55. The molecule has 0 amide bonds. The summed E-state index contributed by atoms with van der Waals surface area (Å²) in [4.78, 5) is 0. The Balaban J connectivity index is 1.74. The Bertz CT molecular complexity index is 1710. The van der Waals surface area contributed by atoms with E-state index in [1.165, 1.54) is 0 Å². The van der Waals surface area contributed by atoms with E-state index in [9.17, 15) is 0 Å². The highest BCUT2D eigenvalue weighted by Gasteiger charge is 2.11. The van der Waals surface area contributed by atoms with Crippen LogP contribution in [0.4, 0.5) is 0 Å². The van der Waals surface area contributed by atoms with E-state index in [0.29, 0.717) is 56.0 Å². The Morgan fingerprint density at radius 2 is 0.684 bits per heavy atom. The maximum absolute atomic E-state index is 6.21. The summed E-state index contributed by atoms with van der Waals surface area (Å²) in [6.45, 7) is 0. The molecule has 38 heavy (non-hydrogen) atoms. The minimum atomic E-state index is 0.617. The molecule has 6 rings (SSSR count). The van der Waals surface area contributed by atoms with Gasteiger partial charge in [0, 0.05) is 45.8 Å². The lowest BCUT2D eigenvalue weighted by Gasteiger charge is -2.08. The smallest absolute Gasteiger partial charge is 0.140 e. The summed E-state index contributed by atoms with van der Waals surface area (Å²) in [6, 6.07) is 22.5. The van der Waals surface area contributed by atoms with E-state index in [0.717, 1.165) is 21.5 Å². The van der Waals surface area contributed by atoms with Crippen molar-refractivity contribution in [3.63, 3.8) is 0 Å². The van der Waals surface area contributed by atoms with Crippen LogP contribution < -0.4 is 29.7 Å². The fraction of sp³-hybridized carbons (Fsp3) is 0.133. The van der Waals surface area contributed by atoms with Gasteiger partial charge in [-0.05, 0) is 48.5 Å². The van der Waals surface area contributed by atoms with Crippen molar-refractivity contribution in [2.75, 3.05) is 28.4 Å². The minimum absolute atomic E-state index is 0.617. The first-order valence-electron chi connectivity index (χ1n) is 11.9. The zero-order valence-corrected chi connectivity index (χ0v) is 21.3. The summed E-state index contributed by atoms with van der Waals surface area (Å²) in [5.41, 5.74) is 2.47. The Kier molecular flexibility index (Phi) is 5.84. The Labute approximate surface area is 216 Å². The lowest BCUT2D eigenvalue weighted by Crippen LogP contribution is -2.09. The van der Waals surface area contributed by atoms with Crippen LogP contribution >= 0.6 is 0 Å². The molecule has 2 aromatic heterocycles. The van der Waals surface area contributed by atoms with Crippen LogP contribution in [0.1, 0.15) is 0 Å².